The van der Waals surface area contributed by atoms with Crippen molar-refractivity contribution in [2.75, 3.05) is 22.5 Å². The van der Waals surface area contributed by atoms with Gasteiger partial charge >= 0.3 is 6.18 Å². The monoisotopic (exact) mass is 399 g/mol. The van der Waals surface area contributed by atoms with E-state index in [2.05, 4.69) is 16.0 Å². The van der Waals surface area contributed by atoms with Crippen molar-refractivity contribution in [1.82, 2.24) is 0 Å². The molecule has 9 heteroatoms. The van der Waals surface area contributed by atoms with E-state index in [1.165, 1.54) is 13.0 Å². The third-order valence-electron chi connectivity index (χ3n) is 3.42. The van der Waals surface area contributed by atoms with Gasteiger partial charge in [0.05, 0.1) is 10.6 Å². The van der Waals surface area contributed by atoms with Crippen LogP contribution in [0.3, 0.4) is 0 Å². The summed E-state index contributed by atoms with van der Waals surface area (Å²) in [4.78, 5) is 23.0. The minimum absolute atomic E-state index is 0.0179. The number of carbonyl (C=O) groups is 2. The third-order valence-corrected chi connectivity index (χ3v) is 3.75. The van der Waals surface area contributed by atoms with Crippen LogP contribution in [0.25, 0.3) is 0 Å². The van der Waals surface area contributed by atoms with Gasteiger partial charge in [-0.2, -0.15) is 13.2 Å². The van der Waals surface area contributed by atoms with E-state index in [1.54, 1.807) is 24.3 Å². The minimum atomic E-state index is -4.60. The molecule has 0 aliphatic rings. The molecule has 3 N–H and O–H groups in total. The van der Waals surface area contributed by atoms with E-state index in [0.29, 0.717) is 11.4 Å². The second-order valence-corrected chi connectivity index (χ2v) is 6.09. The number of rotatable bonds is 6. The highest BCUT2D eigenvalue weighted by atomic mass is 35.5. The van der Waals surface area contributed by atoms with Gasteiger partial charge in [0.1, 0.15) is 0 Å². The van der Waals surface area contributed by atoms with E-state index in [0.717, 1.165) is 12.1 Å². The van der Waals surface area contributed by atoms with Gasteiger partial charge in [-0.1, -0.05) is 17.7 Å². The number of nitrogens with one attached hydrogen (secondary N) is 3. The summed E-state index contributed by atoms with van der Waals surface area (Å²) in [7, 11) is 0. The summed E-state index contributed by atoms with van der Waals surface area (Å²) in [5.74, 6) is -0.649. The van der Waals surface area contributed by atoms with E-state index >= 15 is 0 Å². The normalized spacial score (nSPS) is 11.0. The van der Waals surface area contributed by atoms with Crippen LogP contribution in [0.1, 0.15) is 18.9 Å². The van der Waals surface area contributed by atoms with E-state index in [4.69, 9.17) is 11.6 Å². The van der Waals surface area contributed by atoms with E-state index in [9.17, 15) is 22.8 Å². The average Bonchev–Trinajstić information content (AvgIpc) is 2.55. The number of halogens is 4. The van der Waals surface area contributed by atoms with Gasteiger partial charge < -0.3 is 16.0 Å². The molecular weight excluding hydrogens is 383 g/mol. The number of alkyl halides is 3. The van der Waals surface area contributed by atoms with Gasteiger partial charge in [-0.3, -0.25) is 9.59 Å². The first-order valence-electron chi connectivity index (χ1n) is 7.93. The van der Waals surface area contributed by atoms with Crippen LogP contribution in [-0.2, 0) is 15.8 Å². The second kappa shape index (κ2) is 8.77. The molecule has 0 aliphatic carbocycles. The van der Waals surface area contributed by atoms with Crippen LogP contribution in [0.5, 0.6) is 0 Å². The molecule has 0 heterocycles. The molecule has 0 atom stereocenters. The molecule has 0 radical (unpaired) electrons. The molecule has 27 heavy (non-hydrogen) atoms. The highest BCUT2D eigenvalue weighted by Gasteiger charge is 2.33. The van der Waals surface area contributed by atoms with Crippen molar-refractivity contribution < 1.29 is 22.8 Å². The highest BCUT2D eigenvalue weighted by molar-refractivity contribution is 6.31. The number of anilines is 3. The number of hydrogen-bond acceptors (Lipinski definition) is 3. The van der Waals surface area contributed by atoms with Crippen molar-refractivity contribution in [2.45, 2.75) is 19.5 Å². The first-order valence-corrected chi connectivity index (χ1v) is 8.31. The Labute approximate surface area is 158 Å². The number of benzene rings is 2. The Hall–Kier alpha value is -2.74. The summed E-state index contributed by atoms with van der Waals surface area (Å²) >= 11 is 5.54. The zero-order valence-electron chi connectivity index (χ0n) is 14.3. The van der Waals surface area contributed by atoms with Crippen molar-refractivity contribution >= 4 is 40.5 Å². The second-order valence-electron chi connectivity index (χ2n) is 5.68. The smallest absolute Gasteiger partial charge is 0.384 e. The SMILES string of the molecule is CC(=O)Nc1cccc(NCCC(=O)Nc2ccc(Cl)c(C(F)(F)F)c2)c1. The van der Waals surface area contributed by atoms with Crippen LogP contribution in [0.4, 0.5) is 30.2 Å². The molecule has 144 valence electrons. The molecule has 0 spiro atoms. The van der Waals surface area contributed by atoms with E-state index < -0.39 is 22.7 Å². The lowest BCUT2D eigenvalue weighted by molar-refractivity contribution is -0.137. The average molecular weight is 400 g/mol. The van der Waals surface area contributed by atoms with Gasteiger partial charge in [0.2, 0.25) is 11.8 Å². The summed E-state index contributed by atoms with van der Waals surface area (Å²) in [6.07, 6.45) is -4.56. The maximum Gasteiger partial charge on any atom is 0.417 e. The number of hydrogen-bond donors (Lipinski definition) is 3. The maximum absolute atomic E-state index is 12.8. The quantitative estimate of drug-likeness (QED) is 0.656. The molecule has 2 aromatic carbocycles. The highest BCUT2D eigenvalue weighted by Crippen LogP contribution is 2.36. The molecular formula is C18H17ClF3N3O2. The summed E-state index contributed by atoms with van der Waals surface area (Å²) in [6.45, 7) is 1.65. The topological polar surface area (TPSA) is 70.2 Å². The first kappa shape index (κ1) is 20.6. The molecule has 0 bridgehead atoms. The van der Waals surface area contributed by atoms with Crippen molar-refractivity contribution in [3.05, 3.63) is 53.1 Å². The van der Waals surface area contributed by atoms with Gasteiger partial charge in [-0.05, 0) is 36.4 Å². The Morgan fingerprint density at radius 3 is 2.33 bits per heavy atom. The van der Waals surface area contributed by atoms with Crippen LogP contribution in [0.15, 0.2) is 42.5 Å². The van der Waals surface area contributed by atoms with Crippen molar-refractivity contribution in [1.29, 1.82) is 0 Å². The number of amides is 2. The molecule has 0 aromatic heterocycles. The molecule has 2 rings (SSSR count). The van der Waals surface area contributed by atoms with Gasteiger partial charge in [-0.15, -0.1) is 0 Å². The Balaban J connectivity index is 1.89. The molecule has 0 saturated heterocycles. The fraction of sp³-hybridized carbons (Fsp3) is 0.222. The maximum atomic E-state index is 12.8. The fourth-order valence-electron chi connectivity index (χ4n) is 2.27. The predicted octanol–water partition coefficient (Wildman–Crippen LogP) is 4.76. The standard InChI is InChI=1S/C18H17ClF3N3O2/c1-11(26)24-13-4-2-3-12(9-13)23-8-7-17(27)25-14-5-6-16(19)15(10-14)18(20,21)22/h2-6,9-10,23H,7-8H2,1H3,(H,24,26)(H,25,27). The lowest BCUT2D eigenvalue weighted by Gasteiger charge is -2.12. The number of carbonyl (C=O) groups excluding carboxylic acids is 2. The fourth-order valence-corrected chi connectivity index (χ4v) is 2.50. The summed E-state index contributed by atoms with van der Waals surface area (Å²) in [5.41, 5.74) is 0.317. The molecule has 0 aliphatic heterocycles. The zero-order valence-corrected chi connectivity index (χ0v) is 15.0. The predicted molar refractivity (Wildman–Crippen MR) is 98.9 cm³/mol. The minimum Gasteiger partial charge on any atom is -0.384 e. The van der Waals surface area contributed by atoms with Crippen molar-refractivity contribution in [3.63, 3.8) is 0 Å². The van der Waals surface area contributed by atoms with Crippen LogP contribution < -0.4 is 16.0 Å². The largest absolute Gasteiger partial charge is 0.417 e. The van der Waals surface area contributed by atoms with Gasteiger partial charge in [0, 0.05) is 37.0 Å². The molecule has 0 fully saturated rings. The van der Waals surface area contributed by atoms with Gasteiger partial charge in [0.25, 0.3) is 0 Å². The first-order chi connectivity index (χ1) is 12.6. The Morgan fingerprint density at radius 1 is 1.00 bits per heavy atom. The Bertz CT molecular complexity index is 841. The summed E-state index contributed by atoms with van der Waals surface area (Å²) in [6, 6.07) is 10.1. The Kier molecular flexibility index (Phi) is 6.68. The third kappa shape index (κ3) is 6.49. The lowest BCUT2D eigenvalue weighted by Crippen LogP contribution is -2.17. The molecule has 5 nitrogen and oxygen atoms in total. The summed E-state index contributed by atoms with van der Waals surface area (Å²) < 4.78 is 38.5. The van der Waals surface area contributed by atoms with E-state index in [-0.39, 0.29) is 24.6 Å². The molecule has 2 amide bonds. The molecule has 0 saturated carbocycles. The van der Waals surface area contributed by atoms with Crippen LogP contribution in [0, 0.1) is 0 Å². The summed E-state index contributed by atoms with van der Waals surface area (Å²) in [5, 5.41) is 7.63. The van der Waals surface area contributed by atoms with Crippen LogP contribution in [-0.4, -0.2) is 18.4 Å². The van der Waals surface area contributed by atoms with Crippen molar-refractivity contribution in [3.8, 4) is 0 Å². The van der Waals surface area contributed by atoms with E-state index in [1.807, 2.05) is 0 Å². The zero-order chi connectivity index (χ0) is 20.0. The van der Waals surface area contributed by atoms with Crippen LogP contribution >= 0.6 is 11.6 Å². The lowest BCUT2D eigenvalue weighted by atomic mass is 10.2. The van der Waals surface area contributed by atoms with Crippen molar-refractivity contribution in [2.24, 2.45) is 0 Å². The van der Waals surface area contributed by atoms with Gasteiger partial charge in [0.15, 0.2) is 0 Å². The van der Waals surface area contributed by atoms with Crippen LogP contribution in [0.2, 0.25) is 5.02 Å². The molecule has 2 aromatic rings. The Morgan fingerprint density at radius 2 is 1.67 bits per heavy atom. The van der Waals surface area contributed by atoms with Gasteiger partial charge in [-0.25, -0.2) is 0 Å². The molecule has 0 unspecified atom stereocenters.